The summed E-state index contributed by atoms with van der Waals surface area (Å²) in [6.07, 6.45) is 11.2. The number of carbonyl (C=O) groups is 4. The highest BCUT2D eigenvalue weighted by atomic mass is 16.3. The van der Waals surface area contributed by atoms with Crippen LogP contribution in [0.3, 0.4) is 0 Å². The van der Waals surface area contributed by atoms with E-state index in [1.54, 1.807) is 0 Å². The SMILES string of the molecule is CCCCNc1ncc2c3ccc(CN4CCN(C)CC4)cc3c(=O)n(C3CCC(C(=O)NCC4CC4)CC3)c2n1.O=C1C=C(N2CC2)C(=O)C(N2CC2)=C1N1CC1.O=CO. The zero-order valence-corrected chi connectivity index (χ0v) is 35.6. The first-order valence-corrected chi connectivity index (χ1v) is 22.3. The van der Waals surface area contributed by atoms with Crippen LogP contribution in [0.1, 0.15) is 69.9 Å². The standard InChI is InChI=1S/C32H45N7O2.C12H13N3O2.CH2O2/c1-3-4-13-33-32-35-20-28-26-12-7-23(21-38-16-14-37(2)15-17-38)18-27(26)31(41)39(29(28)36-32)25-10-8-24(9-11-25)30(40)34-19-22-5-6-22;16-9-7-8(13-1-2-13)12(17)11(15-5-6-15)10(9)14-3-4-14;2-1-3/h7,12,18,20,22,24-25H,3-6,8-11,13-17,19,21H2,1-2H3,(H,34,40)(H,33,35,36);7H,1-6H2;1H,(H,2,3). The molecule has 326 valence electrons. The summed E-state index contributed by atoms with van der Waals surface area (Å²) in [5.74, 6) is 1.51. The van der Waals surface area contributed by atoms with Crippen molar-refractivity contribution in [2.45, 2.75) is 70.9 Å². The molecule has 3 aliphatic carbocycles. The molecule has 10 rings (SSSR count). The highest BCUT2D eigenvalue weighted by Gasteiger charge is 2.43. The quantitative estimate of drug-likeness (QED) is 0.0754. The largest absolute Gasteiger partial charge is 0.483 e. The van der Waals surface area contributed by atoms with Crippen molar-refractivity contribution >= 4 is 51.7 Å². The van der Waals surface area contributed by atoms with Gasteiger partial charge >= 0.3 is 0 Å². The molecular weight excluding hydrogens is 777 g/mol. The molecule has 16 nitrogen and oxygen atoms in total. The van der Waals surface area contributed by atoms with Gasteiger partial charge in [0.1, 0.15) is 17.0 Å². The predicted octanol–water partition coefficient (Wildman–Crippen LogP) is 3.04. The van der Waals surface area contributed by atoms with Gasteiger partial charge in [-0.05, 0) is 74.9 Å². The van der Waals surface area contributed by atoms with Crippen LogP contribution in [0.2, 0.25) is 0 Å². The van der Waals surface area contributed by atoms with Crippen molar-refractivity contribution in [1.82, 2.24) is 44.4 Å². The maximum absolute atomic E-state index is 14.3. The topological polar surface area (TPSA) is 176 Å². The number of amides is 1. The normalized spacial score (nSPS) is 22.6. The Kier molecular flexibility index (Phi) is 13.0. The molecule has 6 fully saturated rings. The number of Topliss-reactive ketones (excluding diaryl/α,β-unsaturated/α-hetero) is 1. The first kappa shape index (κ1) is 42.3. The maximum Gasteiger partial charge on any atom is 0.290 e. The second kappa shape index (κ2) is 18.7. The lowest BCUT2D eigenvalue weighted by Gasteiger charge is -2.32. The number of rotatable bonds is 13. The smallest absolute Gasteiger partial charge is 0.290 e. The number of nitrogens with one attached hydrogen (secondary N) is 2. The van der Waals surface area contributed by atoms with Gasteiger partial charge in [0, 0.05) is 120 Å². The number of likely N-dealkylation sites (N-methyl/N-ethyl adjacent to an activating group) is 1. The molecule has 3 N–H and O–H groups in total. The van der Waals surface area contributed by atoms with Gasteiger partial charge in [0.2, 0.25) is 23.4 Å². The molecular formula is C45H60N10O6. The number of carbonyl (C=O) groups excluding carboxylic acids is 3. The number of nitrogens with zero attached hydrogens (tertiary/aromatic N) is 8. The van der Waals surface area contributed by atoms with Crippen LogP contribution in [0.5, 0.6) is 0 Å². The van der Waals surface area contributed by atoms with Gasteiger partial charge in [-0.25, -0.2) is 4.98 Å². The average molecular weight is 837 g/mol. The molecule has 2 saturated carbocycles. The molecule has 2 aromatic heterocycles. The lowest BCUT2D eigenvalue weighted by molar-refractivity contribution is -0.126. The number of hydrogen-bond donors (Lipinski definition) is 3. The van der Waals surface area contributed by atoms with Crippen molar-refractivity contribution in [2.75, 3.05) is 90.9 Å². The number of benzene rings is 1. The Morgan fingerprint density at radius 2 is 1.52 bits per heavy atom. The van der Waals surface area contributed by atoms with E-state index in [0.29, 0.717) is 34.6 Å². The molecule has 1 aromatic carbocycles. The van der Waals surface area contributed by atoms with Gasteiger partial charge in [-0.15, -0.1) is 0 Å². The first-order valence-electron chi connectivity index (χ1n) is 22.3. The summed E-state index contributed by atoms with van der Waals surface area (Å²) >= 11 is 0. The molecule has 7 aliphatic rings. The van der Waals surface area contributed by atoms with E-state index < -0.39 is 0 Å². The fraction of sp³-hybridized carbons (Fsp3) is 0.578. The second-order valence-electron chi connectivity index (χ2n) is 17.5. The Morgan fingerprint density at radius 1 is 0.852 bits per heavy atom. The van der Waals surface area contributed by atoms with Gasteiger partial charge in [0.15, 0.2) is 0 Å². The molecule has 0 radical (unpaired) electrons. The van der Waals surface area contributed by atoms with Crippen molar-refractivity contribution < 1.29 is 24.3 Å². The van der Waals surface area contributed by atoms with Crippen LogP contribution < -0.4 is 16.2 Å². The number of carboxylic acid groups (broad SMARTS) is 1. The first-order chi connectivity index (χ1) is 29.7. The second-order valence-corrected chi connectivity index (χ2v) is 17.5. The van der Waals surface area contributed by atoms with Crippen LogP contribution >= 0.6 is 0 Å². The highest BCUT2D eigenvalue weighted by molar-refractivity contribution is 6.22. The Morgan fingerprint density at radius 3 is 2.16 bits per heavy atom. The summed E-state index contributed by atoms with van der Waals surface area (Å²) in [5, 5.41) is 16.0. The maximum atomic E-state index is 14.3. The number of allylic oxidation sites excluding steroid dienone is 1. The molecule has 4 saturated heterocycles. The minimum Gasteiger partial charge on any atom is -0.483 e. The zero-order valence-electron chi connectivity index (χ0n) is 35.6. The van der Waals surface area contributed by atoms with E-state index in [0.717, 1.165) is 140 Å². The summed E-state index contributed by atoms with van der Waals surface area (Å²) in [6, 6.07) is 6.35. The highest BCUT2D eigenvalue weighted by Crippen LogP contribution is 2.36. The van der Waals surface area contributed by atoms with Gasteiger partial charge < -0.3 is 35.3 Å². The average Bonchev–Trinajstić information content (AvgIpc) is 4.06. The van der Waals surface area contributed by atoms with Gasteiger partial charge in [0.05, 0.1) is 5.70 Å². The molecule has 0 bridgehead atoms. The summed E-state index contributed by atoms with van der Waals surface area (Å²) in [5.41, 5.74) is 3.77. The summed E-state index contributed by atoms with van der Waals surface area (Å²) in [7, 11) is 2.17. The van der Waals surface area contributed by atoms with Crippen molar-refractivity contribution in [1.29, 1.82) is 0 Å². The fourth-order valence-electron chi connectivity index (χ4n) is 8.72. The third-order valence-electron chi connectivity index (χ3n) is 12.8. The Balaban J connectivity index is 0.000000211. The minimum absolute atomic E-state index is 0.00546. The fourth-order valence-corrected chi connectivity index (χ4v) is 8.72. The van der Waals surface area contributed by atoms with Gasteiger partial charge in [-0.1, -0.05) is 25.5 Å². The van der Waals surface area contributed by atoms with E-state index in [-0.39, 0.29) is 41.5 Å². The van der Waals surface area contributed by atoms with Crippen molar-refractivity contribution in [3.05, 3.63) is 63.5 Å². The Labute approximate surface area is 356 Å². The van der Waals surface area contributed by atoms with Gasteiger partial charge in [0.25, 0.3) is 12.0 Å². The van der Waals surface area contributed by atoms with Crippen LogP contribution in [0, 0.1) is 11.8 Å². The van der Waals surface area contributed by atoms with Gasteiger partial charge in [-0.3, -0.25) is 33.4 Å². The van der Waals surface area contributed by atoms with Crippen LogP contribution in [-0.2, 0) is 25.7 Å². The number of hydrogen-bond acceptors (Lipinski definition) is 13. The molecule has 0 unspecified atom stereocenters. The third-order valence-corrected chi connectivity index (χ3v) is 12.8. The summed E-state index contributed by atoms with van der Waals surface area (Å²) < 4.78 is 1.93. The van der Waals surface area contributed by atoms with E-state index in [4.69, 9.17) is 14.9 Å². The van der Waals surface area contributed by atoms with E-state index in [9.17, 15) is 19.2 Å². The Hall–Kier alpha value is -5.35. The monoisotopic (exact) mass is 836 g/mol. The number of piperazine rings is 1. The zero-order chi connectivity index (χ0) is 42.6. The van der Waals surface area contributed by atoms with Crippen molar-refractivity contribution in [3.8, 4) is 0 Å². The lowest BCUT2D eigenvalue weighted by atomic mass is 9.85. The third kappa shape index (κ3) is 10.1. The Bertz CT molecular complexity index is 2260. The molecule has 3 aromatic rings. The van der Waals surface area contributed by atoms with Crippen molar-refractivity contribution in [2.24, 2.45) is 11.8 Å². The molecule has 0 spiro atoms. The van der Waals surface area contributed by atoms with Crippen LogP contribution in [-0.4, -0.2) is 154 Å². The molecule has 61 heavy (non-hydrogen) atoms. The predicted molar refractivity (Wildman–Crippen MR) is 233 cm³/mol. The summed E-state index contributed by atoms with van der Waals surface area (Å²) in [6.45, 7) is 14.0. The number of anilines is 1. The lowest BCUT2D eigenvalue weighted by Crippen LogP contribution is -2.43. The molecule has 0 atom stereocenters. The van der Waals surface area contributed by atoms with Crippen LogP contribution in [0.4, 0.5) is 5.95 Å². The van der Waals surface area contributed by atoms with Crippen LogP contribution in [0.25, 0.3) is 21.8 Å². The van der Waals surface area contributed by atoms with E-state index in [1.807, 2.05) is 25.5 Å². The number of pyridine rings is 1. The van der Waals surface area contributed by atoms with Crippen molar-refractivity contribution in [3.63, 3.8) is 0 Å². The minimum atomic E-state index is -0.250. The van der Waals surface area contributed by atoms with Crippen LogP contribution in [0.15, 0.2) is 52.4 Å². The molecule has 16 heteroatoms. The molecule has 4 aliphatic heterocycles. The molecule has 1 amide bonds. The van der Waals surface area contributed by atoms with E-state index in [1.165, 1.54) is 24.5 Å². The number of aromatic nitrogens is 3. The van der Waals surface area contributed by atoms with Gasteiger partial charge in [-0.2, -0.15) is 4.98 Å². The number of fused-ring (bicyclic) bond motifs is 3. The molecule has 6 heterocycles. The van der Waals surface area contributed by atoms with E-state index in [2.05, 4.69) is 57.6 Å². The number of ketones is 2. The summed E-state index contributed by atoms with van der Waals surface area (Å²) in [4.78, 5) is 80.3. The number of unbranched alkanes of at least 4 members (excludes halogenated alkanes) is 1. The van der Waals surface area contributed by atoms with E-state index >= 15 is 0 Å².